The molecule has 1 fully saturated rings. The maximum absolute atomic E-state index is 13.2. The van der Waals surface area contributed by atoms with Gasteiger partial charge in [-0.3, -0.25) is 0 Å². The van der Waals surface area contributed by atoms with Crippen molar-refractivity contribution in [2.45, 2.75) is 4.90 Å². The molecule has 0 amide bonds. The standard InChI is InChI=1S/C10H12ClFN2O2S/c11-9-2-1-8(7-10(9)12)17(15,16)14-5-3-13-4-6-14/h1-2,7,13H,3-6H2. The fraction of sp³-hybridized carbons (Fsp3) is 0.400. The molecule has 1 N–H and O–H groups in total. The van der Waals surface area contributed by atoms with Gasteiger partial charge in [-0.05, 0) is 18.2 Å². The summed E-state index contributed by atoms with van der Waals surface area (Å²) in [5.74, 6) is -0.720. The molecule has 1 aromatic carbocycles. The lowest BCUT2D eigenvalue weighted by molar-refractivity contribution is 0.360. The van der Waals surface area contributed by atoms with E-state index >= 15 is 0 Å². The number of sulfonamides is 1. The second-order valence-electron chi connectivity index (χ2n) is 3.73. The summed E-state index contributed by atoms with van der Waals surface area (Å²) >= 11 is 5.52. The molecule has 0 unspecified atom stereocenters. The van der Waals surface area contributed by atoms with Gasteiger partial charge >= 0.3 is 0 Å². The molecule has 1 aliphatic rings. The Morgan fingerprint density at radius 2 is 1.94 bits per heavy atom. The topological polar surface area (TPSA) is 49.4 Å². The van der Waals surface area contributed by atoms with Crippen LogP contribution in [0.25, 0.3) is 0 Å². The smallest absolute Gasteiger partial charge is 0.243 e. The van der Waals surface area contributed by atoms with Crippen molar-refractivity contribution in [3.63, 3.8) is 0 Å². The molecule has 0 spiro atoms. The minimum atomic E-state index is -3.61. The van der Waals surface area contributed by atoms with E-state index in [1.807, 2.05) is 0 Å². The third kappa shape index (κ3) is 2.60. The van der Waals surface area contributed by atoms with E-state index in [1.165, 1.54) is 16.4 Å². The number of nitrogens with zero attached hydrogens (tertiary/aromatic N) is 1. The predicted molar refractivity (Wildman–Crippen MR) is 63.0 cm³/mol. The Morgan fingerprint density at radius 1 is 1.29 bits per heavy atom. The number of nitrogens with one attached hydrogen (secondary N) is 1. The van der Waals surface area contributed by atoms with Gasteiger partial charge in [0.2, 0.25) is 10.0 Å². The Kier molecular flexibility index (Phi) is 3.67. The molecule has 4 nitrogen and oxygen atoms in total. The zero-order valence-corrected chi connectivity index (χ0v) is 10.6. The molecule has 0 bridgehead atoms. The molecular formula is C10H12ClFN2O2S. The average molecular weight is 279 g/mol. The van der Waals surface area contributed by atoms with Gasteiger partial charge < -0.3 is 5.32 Å². The molecule has 0 aromatic heterocycles. The number of piperazine rings is 1. The molecule has 1 saturated heterocycles. The van der Waals surface area contributed by atoms with Crippen molar-refractivity contribution in [3.8, 4) is 0 Å². The summed E-state index contributed by atoms with van der Waals surface area (Å²) in [6.45, 7) is 2.00. The van der Waals surface area contributed by atoms with E-state index in [-0.39, 0.29) is 9.92 Å². The van der Waals surface area contributed by atoms with Crippen LogP contribution in [0.4, 0.5) is 4.39 Å². The monoisotopic (exact) mass is 278 g/mol. The van der Waals surface area contributed by atoms with Crippen LogP contribution >= 0.6 is 11.6 Å². The van der Waals surface area contributed by atoms with Gasteiger partial charge in [0.05, 0.1) is 9.92 Å². The quantitative estimate of drug-likeness (QED) is 0.880. The summed E-state index contributed by atoms with van der Waals surface area (Å²) in [6, 6.07) is 3.54. The molecule has 1 aliphatic heterocycles. The SMILES string of the molecule is O=S(=O)(c1ccc(Cl)c(F)c1)N1CCNCC1. The molecule has 94 valence electrons. The zero-order valence-electron chi connectivity index (χ0n) is 8.99. The van der Waals surface area contributed by atoms with E-state index in [0.717, 1.165) is 6.07 Å². The molecule has 0 saturated carbocycles. The Bertz CT molecular complexity index is 515. The minimum absolute atomic E-state index is 0.0544. The van der Waals surface area contributed by atoms with Crippen molar-refractivity contribution in [1.82, 2.24) is 9.62 Å². The van der Waals surface area contributed by atoms with E-state index in [2.05, 4.69) is 5.32 Å². The van der Waals surface area contributed by atoms with Crippen molar-refractivity contribution in [1.29, 1.82) is 0 Å². The van der Waals surface area contributed by atoms with Crippen LogP contribution in [-0.2, 0) is 10.0 Å². The highest BCUT2D eigenvalue weighted by Gasteiger charge is 2.26. The van der Waals surface area contributed by atoms with Gasteiger partial charge in [-0.25, -0.2) is 12.8 Å². The highest BCUT2D eigenvalue weighted by Crippen LogP contribution is 2.21. The lowest BCUT2D eigenvalue weighted by Gasteiger charge is -2.26. The van der Waals surface area contributed by atoms with Gasteiger partial charge in [0.15, 0.2) is 0 Å². The van der Waals surface area contributed by atoms with Crippen molar-refractivity contribution in [3.05, 3.63) is 29.0 Å². The molecule has 1 aromatic rings. The summed E-state index contributed by atoms with van der Waals surface area (Å²) < 4.78 is 38.9. The maximum Gasteiger partial charge on any atom is 0.243 e. The van der Waals surface area contributed by atoms with Gasteiger partial charge in [-0.1, -0.05) is 11.6 Å². The highest BCUT2D eigenvalue weighted by atomic mass is 35.5. The third-order valence-electron chi connectivity index (χ3n) is 2.60. The second-order valence-corrected chi connectivity index (χ2v) is 6.08. The summed E-state index contributed by atoms with van der Waals surface area (Å²) in [6.07, 6.45) is 0. The molecule has 0 radical (unpaired) electrons. The summed E-state index contributed by atoms with van der Waals surface area (Å²) in [5.41, 5.74) is 0. The number of hydrogen-bond acceptors (Lipinski definition) is 3. The maximum atomic E-state index is 13.2. The van der Waals surface area contributed by atoms with Crippen LogP contribution in [0.2, 0.25) is 5.02 Å². The van der Waals surface area contributed by atoms with Crippen LogP contribution in [0, 0.1) is 5.82 Å². The molecule has 7 heteroatoms. The van der Waals surface area contributed by atoms with Crippen LogP contribution < -0.4 is 5.32 Å². The fourth-order valence-corrected chi connectivity index (χ4v) is 3.24. The lowest BCUT2D eigenvalue weighted by atomic mass is 10.3. The van der Waals surface area contributed by atoms with Crippen LogP contribution in [-0.4, -0.2) is 38.9 Å². The molecule has 2 rings (SSSR count). The van der Waals surface area contributed by atoms with Gasteiger partial charge in [0, 0.05) is 26.2 Å². The summed E-state index contributed by atoms with van der Waals surface area (Å²) in [5, 5.41) is 2.98. The second kappa shape index (κ2) is 4.89. The van der Waals surface area contributed by atoms with Crippen LogP contribution in [0.15, 0.2) is 23.1 Å². The Balaban J connectivity index is 2.33. The lowest BCUT2D eigenvalue weighted by Crippen LogP contribution is -2.46. The largest absolute Gasteiger partial charge is 0.314 e. The molecule has 0 atom stereocenters. The zero-order chi connectivity index (χ0) is 12.5. The first-order chi connectivity index (χ1) is 8.01. The first-order valence-corrected chi connectivity index (χ1v) is 6.99. The van der Waals surface area contributed by atoms with Crippen molar-refractivity contribution in [2.75, 3.05) is 26.2 Å². The number of rotatable bonds is 2. The van der Waals surface area contributed by atoms with E-state index < -0.39 is 15.8 Å². The number of benzene rings is 1. The number of hydrogen-bond donors (Lipinski definition) is 1. The van der Waals surface area contributed by atoms with Gasteiger partial charge in [-0.2, -0.15) is 4.31 Å². The molecular weight excluding hydrogens is 267 g/mol. The Hall–Kier alpha value is -0.690. The van der Waals surface area contributed by atoms with Crippen molar-refractivity contribution in [2.24, 2.45) is 0 Å². The van der Waals surface area contributed by atoms with Gasteiger partial charge in [0.25, 0.3) is 0 Å². The minimum Gasteiger partial charge on any atom is -0.314 e. The van der Waals surface area contributed by atoms with Crippen LogP contribution in [0.5, 0.6) is 0 Å². The average Bonchev–Trinajstić information content (AvgIpc) is 2.33. The third-order valence-corrected chi connectivity index (χ3v) is 4.81. The number of halogens is 2. The molecule has 17 heavy (non-hydrogen) atoms. The van der Waals surface area contributed by atoms with Crippen molar-refractivity contribution >= 4 is 21.6 Å². The molecule has 0 aliphatic carbocycles. The first kappa shape index (κ1) is 12.8. The van der Waals surface area contributed by atoms with E-state index in [4.69, 9.17) is 11.6 Å². The van der Waals surface area contributed by atoms with Gasteiger partial charge in [0.1, 0.15) is 5.82 Å². The predicted octanol–water partition coefficient (Wildman–Crippen LogP) is 1.07. The van der Waals surface area contributed by atoms with E-state index in [0.29, 0.717) is 26.2 Å². The van der Waals surface area contributed by atoms with E-state index in [1.54, 1.807) is 0 Å². The van der Waals surface area contributed by atoms with Crippen LogP contribution in [0.3, 0.4) is 0 Å². The molecule has 1 heterocycles. The van der Waals surface area contributed by atoms with Crippen molar-refractivity contribution < 1.29 is 12.8 Å². The van der Waals surface area contributed by atoms with Gasteiger partial charge in [-0.15, -0.1) is 0 Å². The summed E-state index contributed by atoms with van der Waals surface area (Å²) in [7, 11) is -3.61. The summed E-state index contributed by atoms with van der Waals surface area (Å²) in [4.78, 5) is -0.0544. The van der Waals surface area contributed by atoms with E-state index in [9.17, 15) is 12.8 Å². The normalized spacial score (nSPS) is 18.2. The fourth-order valence-electron chi connectivity index (χ4n) is 1.67. The Labute approximate surface area is 104 Å². The highest BCUT2D eigenvalue weighted by molar-refractivity contribution is 7.89. The Morgan fingerprint density at radius 3 is 2.53 bits per heavy atom. The first-order valence-electron chi connectivity index (χ1n) is 5.18. The van der Waals surface area contributed by atoms with Crippen LogP contribution in [0.1, 0.15) is 0 Å².